The lowest BCUT2D eigenvalue weighted by Gasteiger charge is -2.50. The first-order valence-corrected chi connectivity index (χ1v) is 6.66. The molecular formula is C13H23NO3. The Morgan fingerprint density at radius 3 is 2.59 bits per heavy atom. The van der Waals surface area contributed by atoms with Crippen LogP contribution in [0.1, 0.15) is 39.5 Å². The van der Waals surface area contributed by atoms with Gasteiger partial charge in [-0.2, -0.15) is 0 Å². The average Bonchev–Trinajstić information content (AvgIpc) is 2.33. The van der Waals surface area contributed by atoms with Gasteiger partial charge in [0.1, 0.15) is 5.54 Å². The van der Waals surface area contributed by atoms with Gasteiger partial charge < -0.3 is 9.84 Å². The molecule has 0 aromatic carbocycles. The van der Waals surface area contributed by atoms with E-state index in [4.69, 9.17) is 4.74 Å². The lowest BCUT2D eigenvalue weighted by atomic mass is 9.81. The van der Waals surface area contributed by atoms with Crippen LogP contribution in [0.2, 0.25) is 0 Å². The minimum absolute atomic E-state index is 0.359. The molecule has 0 bridgehead atoms. The highest BCUT2D eigenvalue weighted by Gasteiger charge is 2.48. The van der Waals surface area contributed by atoms with Gasteiger partial charge in [-0.15, -0.1) is 0 Å². The molecule has 0 aromatic rings. The molecule has 1 N–H and O–H groups in total. The third-order valence-corrected chi connectivity index (χ3v) is 4.64. The predicted molar refractivity (Wildman–Crippen MR) is 65.0 cm³/mol. The van der Waals surface area contributed by atoms with Crippen LogP contribution in [-0.4, -0.2) is 47.3 Å². The number of carboxylic acid groups (broad SMARTS) is 1. The first-order valence-electron chi connectivity index (χ1n) is 6.66. The standard InChI is InChI=1S/C13H23NO3/c1-10-4-3-7-14(11(10)2)13(12(15)16)5-8-17-9-6-13/h10-11H,3-9H2,1-2H3,(H,15,16). The van der Waals surface area contributed by atoms with Crippen LogP contribution in [0.3, 0.4) is 0 Å². The van der Waals surface area contributed by atoms with Crippen molar-refractivity contribution in [2.45, 2.75) is 51.1 Å². The van der Waals surface area contributed by atoms with E-state index >= 15 is 0 Å². The van der Waals surface area contributed by atoms with Crippen LogP contribution in [-0.2, 0) is 9.53 Å². The van der Waals surface area contributed by atoms with Crippen molar-refractivity contribution in [2.75, 3.05) is 19.8 Å². The van der Waals surface area contributed by atoms with Crippen LogP contribution >= 0.6 is 0 Å². The van der Waals surface area contributed by atoms with E-state index in [-0.39, 0.29) is 0 Å². The second-order valence-corrected chi connectivity index (χ2v) is 5.50. The van der Waals surface area contributed by atoms with Gasteiger partial charge in [0, 0.05) is 19.3 Å². The fourth-order valence-electron chi connectivity index (χ4n) is 3.27. The topological polar surface area (TPSA) is 49.8 Å². The minimum atomic E-state index is -0.674. The summed E-state index contributed by atoms with van der Waals surface area (Å²) in [5.41, 5.74) is -0.674. The molecule has 2 unspecified atom stereocenters. The highest BCUT2D eigenvalue weighted by atomic mass is 16.5. The zero-order valence-corrected chi connectivity index (χ0v) is 10.8. The number of likely N-dealkylation sites (tertiary alicyclic amines) is 1. The Morgan fingerprint density at radius 1 is 1.35 bits per heavy atom. The van der Waals surface area contributed by atoms with E-state index in [1.54, 1.807) is 0 Å². The fraction of sp³-hybridized carbons (Fsp3) is 0.923. The van der Waals surface area contributed by atoms with Crippen LogP contribution in [0.5, 0.6) is 0 Å². The third-order valence-electron chi connectivity index (χ3n) is 4.64. The normalized spacial score (nSPS) is 34.5. The lowest BCUT2D eigenvalue weighted by molar-refractivity contribution is -0.164. The zero-order chi connectivity index (χ0) is 12.5. The zero-order valence-electron chi connectivity index (χ0n) is 10.8. The summed E-state index contributed by atoms with van der Waals surface area (Å²) in [5, 5.41) is 9.65. The van der Waals surface area contributed by atoms with Crippen molar-refractivity contribution in [1.82, 2.24) is 4.90 Å². The van der Waals surface area contributed by atoms with Crippen LogP contribution in [0.4, 0.5) is 0 Å². The van der Waals surface area contributed by atoms with Crippen molar-refractivity contribution in [3.05, 3.63) is 0 Å². The summed E-state index contributed by atoms with van der Waals surface area (Å²) in [6.07, 6.45) is 3.57. The van der Waals surface area contributed by atoms with Gasteiger partial charge in [0.15, 0.2) is 0 Å². The summed E-state index contributed by atoms with van der Waals surface area (Å²) in [5.74, 6) is -0.0791. The maximum atomic E-state index is 11.7. The van der Waals surface area contributed by atoms with E-state index in [1.165, 1.54) is 6.42 Å². The van der Waals surface area contributed by atoms with Crippen LogP contribution in [0, 0.1) is 5.92 Å². The SMILES string of the molecule is CC1CCCN(C2(C(=O)O)CCOCC2)C1C. The van der Waals surface area contributed by atoms with E-state index in [9.17, 15) is 9.90 Å². The molecular weight excluding hydrogens is 218 g/mol. The van der Waals surface area contributed by atoms with Gasteiger partial charge in [0.2, 0.25) is 0 Å². The van der Waals surface area contributed by atoms with Crippen LogP contribution in [0.15, 0.2) is 0 Å². The van der Waals surface area contributed by atoms with Gasteiger partial charge in [0.25, 0.3) is 0 Å². The molecule has 0 saturated carbocycles. The Morgan fingerprint density at radius 2 is 2.00 bits per heavy atom. The molecule has 2 heterocycles. The number of piperidine rings is 1. The maximum Gasteiger partial charge on any atom is 0.324 e. The third kappa shape index (κ3) is 2.20. The molecule has 2 aliphatic heterocycles. The molecule has 2 aliphatic rings. The monoisotopic (exact) mass is 241 g/mol. The van der Waals surface area contributed by atoms with E-state index in [2.05, 4.69) is 18.7 Å². The van der Waals surface area contributed by atoms with Crippen molar-refractivity contribution in [3.8, 4) is 0 Å². The summed E-state index contributed by atoms with van der Waals surface area (Å²) in [4.78, 5) is 14.0. The molecule has 4 heteroatoms. The maximum absolute atomic E-state index is 11.7. The molecule has 98 valence electrons. The minimum Gasteiger partial charge on any atom is -0.480 e. The summed E-state index contributed by atoms with van der Waals surface area (Å²) in [6, 6.07) is 0.359. The summed E-state index contributed by atoms with van der Waals surface area (Å²) in [6.45, 7) is 6.46. The number of carboxylic acids is 1. The average molecular weight is 241 g/mol. The number of aliphatic carboxylic acids is 1. The van der Waals surface area contributed by atoms with Gasteiger partial charge in [-0.05, 0) is 45.1 Å². The molecule has 0 aliphatic carbocycles. The number of hydrogen-bond donors (Lipinski definition) is 1. The molecule has 0 amide bonds. The highest BCUT2D eigenvalue weighted by Crippen LogP contribution is 2.35. The van der Waals surface area contributed by atoms with E-state index < -0.39 is 11.5 Å². The Labute approximate surface area is 103 Å². The van der Waals surface area contributed by atoms with Crippen LogP contribution < -0.4 is 0 Å². The number of ether oxygens (including phenoxy) is 1. The molecule has 2 saturated heterocycles. The fourth-order valence-corrected chi connectivity index (χ4v) is 3.27. The second kappa shape index (κ2) is 4.94. The number of carbonyl (C=O) groups is 1. The van der Waals surface area contributed by atoms with E-state index in [0.717, 1.165) is 13.0 Å². The lowest BCUT2D eigenvalue weighted by Crippen LogP contribution is -2.63. The highest BCUT2D eigenvalue weighted by molar-refractivity contribution is 5.79. The van der Waals surface area contributed by atoms with Gasteiger partial charge >= 0.3 is 5.97 Å². The number of nitrogens with zero attached hydrogens (tertiary/aromatic N) is 1. The van der Waals surface area contributed by atoms with Gasteiger partial charge in [-0.3, -0.25) is 9.69 Å². The largest absolute Gasteiger partial charge is 0.480 e. The molecule has 2 fully saturated rings. The smallest absolute Gasteiger partial charge is 0.324 e. The summed E-state index contributed by atoms with van der Waals surface area (Å²) < 4.78 is 5.34. The molecule has 17 heavy (non-hydrogen) atoms. The molecule has 0 aromatic heterocycles. The number of rotatable bonds is 2. The Bertz CT molecular complexity index is 286. The van der Waals surface area contributed by atoms with Crippen LogP contribution in [0.25, 0.3) is 0 Å². The molecule has 4 nitrogen and oxygen atoms in total. The van der Waals surface area contributed by atoms with Gasteiger partial charge in [-0.25, -0.2) is 0 Å². The van der Waals surface area contributed by atoms with Crippen molar-refractivity contribution < 1.29 is 14.6 Å². The quantitative estimate of drug-likeness (QED) is 0.800. The summed E-state index contributed by atoms with van der Waals surface area (Å²) >= 11 is 0. The first-order chi connectivity index (χ1) is 8.08. The van der Waals surface area contributed by atoms with Crippen molar-refractivity contribution in [3.63, 3.8) is 0 Å². The molecule has 2 atom stereocenters. The summed E-state index contributed by atoms with van der Waals surface area (Å²) in [7, 11) is 0. The molecule has 2 rings (SSSR count). The number of hydrogen-bond acceptors (Lipinski definition) is 3. The molecule has 0 radical (unpaired) electrons. The van der Waals surface area contributed by atoms with Crippen molar-refractivity contribution in [2.24, 2.45) is 5.92 Å². The Balaban J connectivity index is 2.22. The predicted octanol–water partition coefficient (Wildman–Crippen LogP) is 1.74. The van der Waals surface area contributed by atoms with E-state index in [1.807, 2.05) is 0 Å². The second-order valence-electron chi connectivity index (χ2n) is 5.50. The van der Waals surface area contributed by atoms with Crippen molar-refractivity contribution in [1.29, 1.82) is 0 Å². The van der Waals surface area contributed by atoms with Gasteiger partial charge in [0.05, 0.1) is 0 Å². The molecule has 0 spiro atoms. The van der Waals surface area contributed by atoms with Gasteiger partial charge in [-0.1, -0.05) is 6.92 Å². The first kappa shape index (κ1) is 12.8. The van der Waals surface area contributed by atoms with Crippen molar-refractivity contribution >= 4 is 5.97 Å². The Hall–Kier alpha value is -0.610. The Kier molecular flexibility index (Phi) is 3.73. The van der Waals surface area contributed by atoms with E-state index in [0.29, 0.717) is 38.0 Å².